The van der Waals surface area contributed by atoms with Crippen LogP contribution in [0.25, 0.3) is 0 Å². The zero-order chi connectivity index (χ0) is 19.1. The van der Waals surface area contributed by atoms with Crippen molar-refractivity contribution in [1.29, 1.82) is 0 Å². The lowest BCUT2D eigenvalue weighted by Gasteiger charge is -2.31. The summed E-state index contributed by atoms with van der Waals surface area (Å²) in [6, 6.07) is 4.16. The van der Waals surface area contributed by atoms with Crippen LogP contribution in [0.1, 0.15) is 18.6 Å². The van der Waals surface area contributed by atoms with Gasteiger partial charge >= 0.3 is 0 Å². The average molecular weight is 404 g/mol. The van der Waals surface area contributed by atoms with Crippen LogP contribution in [0.3, 0.4) is 0 Å². The highest BCUT2D eigenvalue weighted by molar-refractivity contribution is 7.99. The summed E-state index contributed by atoms with van der Waals surface area (Å²) in [5, 5.41) is 9.60. The lowest BCUT2D eigenvalue weighted by Crippen LogP contribution is -2.47. The van der Waals surface area contributed by atoms with Gasteiger partial charge in [-0.2, -0.15) is 0 Å². The van der Waals surface area contributed by atoms with E-state index in [9.17, 15) is 4.79 Å². The maximum absolute atomic E-state index is 12.7. The number of ether oxygens (including phenoxy) is 1. The van der Waals surface area contributed by atoms with Gasteiger partial charge in [0.1, 0.15) is 12.1 Å². The highest BCUT2D eigenvalue weighted by atomic mass is 32.2. The molecule has 2 bridgehead atoms. The molecule has 4 heterocycles. The molecule has 2 aromatic heterocycles. The van der Waals surface area contributed by atoms with Crippen molar-refractivity contribution in [2.45, 2.75) is 35.7 Å². The summed E-state index contributed by atoms with van der Waals surface area (Å²) in [5.41, 5.74) is 0. The van der Waals surface area contributed by atoms with Crippen molar-refractivity contribution < 1.29 is 13.9 Å². The van der Waals surface area contributed by atoms with Crippen molar-refractivity contribution in [3.63, 3.8) is 0 Å². The molecule has 1 saturated carbocycles. The number of nitrogens with zero attached hydrogens (tertiary/aromatic N) is 5. The van der Waals surface area contributed by atoms with Gasteiger partial charge in [0, 0.05) is 38.5 Å². The Kier molecular flexibility index (Phi) is 4.90. The summed E-state index contributed by atoms with van der Waals surface area (Å²) in [5.74, 6) is 1.89. The number of aromatic nitrogens is 3. The molecule has 2 aromatic rings. The second-order valence-corrected chi connectivity index (χ2v) is 9.04. The minimum absolute atomic E-state index is 0.142. The van der Waals surface area contributed by atoms with Gasteiger partial charge in [-0.25, -0.2) is 0 Å². The minimum Gasteiger partial charge on any atom is -0.453 e. The summed E-state index contributed by atoms with van der Waals surface area (Å²) >= 11 is 1.47. The van der Waals surface area contributed by atoms with E-state index in [2.05, 4.69) is 20.0 Å². The van der Waals surface area contributed by atoms with Gasteiger partial charge in [0.05, 0.1) is 25.8 Å². The first-order valence-corrected chi connectivity index (χ1v) is 10.7. The van der Waals surface area contributed by atoms with E-state index in [4.69, 9.17) is 9.15 Å². The number of carbonyl (C=O) groups is 1. The van der Waals surface area contributed by atoms with Gasteiger partial charge in [0.2, 0.25) is 5.91 Å². The van der Waals surface area contributed by atoms with E-state index in [1.165, 1.54) is 11.8 Å². The summed E-state index contributed by atoms with van der Waals surface area (Å²) in [6.07, 6.45) is 3.78. The Morgan fingerprint density at radius 1 is 1.25 bits per heavy atom. The van der Waals surface area contributed by atoms with Gasteiger partial charge in [-0.1, -0.05) is 0 Å². The molecular weight excluding hydrogens is 378 g/mol. The standard InChI is InChI=1S/C19H25N5O3S/c1-22-12-20-21-19(22)28-17-5-4-16(27-17)9-23-6-13-7-24(18(25)14-2-3-14)15(8-23)11-26-10-13/h4-5,12-15H,2-3,6-11H2,1H3/t13-,15-/m0/s1. The highest BCUT2D eigenvalue weighted by Gasteiger charge is 2.41. The molecule has 0 unspecified atom stereocenters. The fourth-order valence-electron chi connectivity index (χ4n) is 4.08. The van der Waals surface area contributed by atoms with Crippen molar-refractivity contribution in [3.8, 4) is 0 Å². The van der Waals surface area contributed by atoms with Crippen molar-refractivity contribution in [3.05, 3.63) is 24.2 Å². The van der Waals surface area contributed by atoms with Crippen LogP contribution >= 0.6 is 11.8 Å². The fourth-order valence-corrected chi connectivity index (χ4v) is 4.82. The fraction of sp³-hybridized carbons (Fsp3) is 0.632. The average Bonchev–Trinajstić information content (AvgIpc) is 3.38. The first-order valence-electron chi connectivity index (χ1n) is 9.87. The molecule has 1 aliphatic carbocycles. The van der Waals surface area contributed by atoms with E-state index < -0.39 is 0 Å². The number of rotatable bonds is 5. The first kappa shape index (κ1) is 18.2. The van der Waals surface area contributed by atoms with Crippen LogP contribution < -0.4 is 0 Å². The SMILES string of the molecule is Cn1cnnc1Sc1ccc(CN2C[C@@H]3COC[C@H](C2)N(C(=O)C2CC2)C3)o1. The van der Waals surface area contributed by atoms with Gasteiger partial charge in [-0.15, -0.1) is 10.2 Å². The Bertz CT molecular complexity index is 848. The van der Waals surface area contributed by atoms with E-state index in [-0.39, 0.29) is 12.0 Å². The van der Waals surface area contributed by atoms with E-state index in [0.29, 0.717) is 18.4 Å². The molecule has 0 radical (unpaired) electrons. The van der Waals surface area contributed by atoms with Crippen LogP contribution in [-0.2, 0) is 23.1 Å². The molecule has 150 valence electrons. The number of fused-ring (bicyclic) bond motifs is 3. The number of amides is 1. The number of hydrogen-bond donors (Lipinski definition) is 0. The van der Waals surface area contributed by atoms with Crippen molar-refractivity contribution in [1.82, 2.24) is 24.6 Å². The topological polar surface area (TPSA) is 76.6 Å². The molecule has 0 aromatic carbocycles. The smallest absolute Gasteiger partial charge is 0.226 e. The predicted octanol–water partition coefficient (Wildman–Crippen LogP) is 1.63. The Hall–Kier alpha value is -1.84. The van der Waals surface area contributed by atoms with Crippen LogP contribution in [0.5, 0.6) is 0 Å². The van der Waals surface area contributed by atoms with Gasteiger partial charge in [-0.3, -0.25) is 9.69 Å². The normalized spacial score (nSPS) is 25.7. The maximum Gasteiger partial charge on any atom is 0.226 e. The molecule has 0 spiro atoms. The highest BCUT2D eigenvalue weighted by Crippen LogP contribution is 2.34. The van der Waals surface area contributed by atoms with Crippen molar-refractivity contribution in [2.24, 2.45) is 18.9 Å². The van der Waals surface area contributed by atoms with E-state index in [0.717, 1.165) is 61.6 Å². The van der Waals surface area contributed by atoms with Crippen LogP contribution in [0.4, 0.5) is 0 Å². The molecule has 2 saturated heterocycles. The molecule has 0 N–H and O–H groups in total. The van der Waals surface area contributed by atoms with Crippen LogP contribution in [0.15, 0.2) is 33.1 Å². The quantitative estimate of drug-likeness (QED) is 0.751. The number of furan rings is 1. The van der Waals surface area contributed by atoms with E-state index >= 15 is 0 Å². The Labute approximate surface area is 168 Å². The predicted molar refractivity (Wildman–Crippen MR) is 102 cm³/mol. The Morgan fingerprint density at radius 2 is 2.14 bits per heavy atom. The minimum atomic E-state index is 0.142. The van der Waals surface area contributed by atoms with E-state index in [1.54, 1.807) is 6.33 Å². The molecule has 8 nitrogen and oxygen atoms in total. The van der Waals surface area contributed by atoms with Crippen molar-refractivity contribution >= 4 is 17.7 Å². The first-order chi connectivity index (χ1) is 13.7. The van der Waals surface area contributed by atoms with Gasteiger partial charge in [0.25, 0.3) is 0 Å². The molecular formula is C19H25N5O3S. The maximum atomic E-state index is 12.7. The zero-order valence-electron chi connectivity index (χ0n) is 16.0. The van der Waals surface area contributed by atoms with Crippen molar-refractivity contribution in [2.75, 3.05) is 32.8 Å². The third-order valence-corrected chi connectivity index (χ3v) is 6.61. The number of hydrogen-bond acceptors (Lipinski definition) is 7. The van der Waals surface area contributed by atoms with Crippen LogP contribution in [0, 0.1) is 11.8 Å². The zero-order valence-corrected chi connectivity index (χ0v) is 16.8. The summed E-state index contributed by atoms with van der Waals surface area (Å²) in [7, 11) is 1.92. The molecule has 3 fully saturated rings. The molecule has 5 rings (SSSR count). The van der Waals surface area contributed by atoms with Gasteiger partial charge in [0.15, 0.2) is 10.2 Å². The summed E-state index contributed by atoms with van der Waals surface area (Å²) in [6.45, 7) is 4.70. The Morgan fingerprint density at radius 3 is 2.93 bits per heavy atom. The monoisotopic (exact) mass is 403 g/mol. The molecule has 2 aliphatic heterocycles. The third-order valence-electron chi connectivity index (χ3n) is 5.63. The van der Waals surface area contributed by atoms with Crippen LogP contribution in [0.2, 0.25) is 0 Å². The largest absolute Gasteiger partial charge is 0.453 e. The molecule has 3 aliphatic rings. The summed E-state index contributed by atoms with van der Waals surface area (Å²) in [4.78, 5) is 17.2. The molecule has 2 atom stereocenters. The van der Waals surface area contributed by atoms with E-state index in [1.807, 2.05) is 23.7 Å². The third kappa shape index (κ3) is 3.83. The second kappa shape index (κ2) is 7.53. The molecule has 9 heteroatoms. The number of aryl methyl sites for hydroxylation is 1. The lowest BCUT2D eigenvalue weighted by molar-refractivity contribution is -0.135. The number of carbonyl (C=O) groups excluding carboxylic acids is 1. The van der Waals surface area contributed by atoms with Gasteiger partial charge in [-0.05, 0) is 36.7 Å². The second-order valence-electron chi connectivity index (χ2n) is 8.06. The molecule has 1 amide bonds. The lowest BCUT2D eigenvalue weighted by atomic mass is 10.1. The molecule has 28 heavy (non-hydrogen) atoms. The summed E-state index contributed by atoms with van der Waals surface area (Å²) < 4.78 is 13.8. The van der Waals surface area contributed by atoms with Crippen LogP contribution in [-0.4, -0.2) is 69.4 Å². The van der Waals surface area contributed by atoms with Gasteiger partial charge < -0.3 is 18.6 Å². The Balaban J connectivity index is 1.26.